The molecule has 1 nitrogen and oxygen atoms in total. The number of nitrogens with zero attached hydrogens (tertiary/aromatic N) is 1. The molecular weight excluding hydrogens is 234 g/mol. The lowest BCUT2D eigenvalue weighted by Crippen LogP contribution is -2.19. The Hall–Kier alpha value is 0.140. The van der Waals surface area contributed by atoms with Crippen molar-refractivity contribution in [1.82, 2.24) is 4.90 Å². The van der Waals surface area contributed by atoms with Gasteiger partial charge in [-0.3, -0.25) is 4.90 Å². The molecule has 0 aromatic carbocycles. The Balaban J connectivity index is 1.97. The van der Waals surface area contributed by atoms with E-state index in [9.17, 15) is 0 Å². The minimum atomic E-state index is 0.860. The summed E-state index contributed by atoms with van der Waals surface area (Å²) < 4.78 is 1.26. The molecule has 0 spiro atoms. The topological polar surface area (TPSA) is 3.24 Å². The van der Waals surface area contributed by atoms with Crippen LogP contribution in [0.25, 0.3) is 0 Å². The molecule has 0 amide bonds. The number of thiophene rings is 1. The molecule has 0 aliphatic heterocycles. The van der Waals surface area contributed by atoms with E-state index in [1.807, 2.05) is 11.3 Å². The van der Waals surface area contributed by atoms with Crippen molar-refractivity contribution in [2.45, 2.75) is 25.4 Å². The van der Waals surface area contributed by atoms with Crippen LogP contribution in [0.5, 0.6) is 0 Å². The van der Waals surface area contributed by atoms with Crippen LogP contribution >= 0.6 is 27.3 Å². The molecule has 1 aliphatic carbocycles. The maximum absolute atomic E-state index is 3.55. The van der Waals surface area contributed by atoms with Crippen molar-refractivity contribution in [1.29, 1.82) is 0 Å². The first-order chi connectivity index (χ1) is 5.77. The van der Waals surface area contributed by atoms with Gasteiger partial charge in [0.1, 0.15) is 0 Å². The molecule has 0 radical (unpaired) electrons. The third-order valence-corrected chi connectivity index (χ3v) is 4.17. The highest BCUT2D eigenvalue weighted by molar-refractivity contribution is 9.10. The average molecular weight is 246 g/mol. The van der Waals surface area contributed by atoms with Gasteiger partial charge in [0.05, 0.1) is 0 Å². The predicted molar refractivity (Wildman–Crippen MR) is 56.5 cm³/mol. The summed E-state index contributed by atoms with van der Waals surface area (Å²) in [4.78, 5) is 3.89. The Morgan fingerprint density at radius 3 is 2.92 bits per heavy atom. The normalized spacial score (nSPS) is 17.2. The van der Waals surface area contributed by atoms with Crippen molar-refractivity contribution in [2.75, 3.05) is 7.05 Å². The van der Waals surface area contributed by atoms with Crippen molar-refractivity contribution >= 4 is 27.3 Å². The summed E-state index contributed by atoms with van der Waals surface area (Å²) in [6.45, 7) is 1.10. The van der Waals surface area contributed by atoms with Gasteiger partial charge < -0.3 is 0 Å². The van der Waals surface area contributed by atoms with E-state index in [0.717, 1.165) is 12.6 Å². The Kier molecular flexibility index (Phi) is 2.53. The van der Waals surface area contributed by atoms with Gasteiger partial charge in [-0.15, -0.1) is 11.3 Å². The highest BCUT2D eigenvalue weighted by Crippen LogP contribution is 2.30. The fourth-order valence-electron chi connectivity index (χ4n) is 1.31. The summed E-state index contributed by atoms with van der Waals surface area (Å²) in [5.74, 6) is 0. The molecule has 1 aromatic heterocycles. The minimum absolute atomic E-state index is 0.860. The SMILES string of the molecule is CN(Cc1sccc1Br)C1CC1. The maximum Gasteiger partial charge on any atom is 0.0339 e. The molecule has 0 saturated heterocycles. The first kappa shape index (κ1) is 8.73. The summed E-state index contributed by atoms with van der Waals surface area (Å²) in [6.07, 6.45) is 2.78. The zero-order chi connectivity index (χ0) is 8.55. The first-order valence-corrected chi connectivity index (χ1v) is 5.87. The number of hydrogen-bond donors (Lipinski definition) is 0. The van der Waals surface area contributed by atoms with Gasteiger partial charge in [-0.1, -0.05) is 0 Å². The molecule has 12 heavy (non-hydrogen) atoms. The fraction of sp³-hybridized carbons (Fsp3) is 0.556. The van der Waals surface area contributed by atoms with Crippen LogP contribution in [0.2, 0.25) is 0 Å². The third kappa shape index (κ3) is 1.90. The van der Waals surface area contributed by atoms with E-state index in [2.05, 4.69) is 39.3 Å². The van der Waals surface area contributed by atoms with Crippen molar-refractivity contribution < 1.29 is 0 Å². The maximum atomic E-state index is 3.55. The molecule has 2 rings (SSSR count). The lowest BCUT2D eigenvalue weighted by molar-refractivity contribution is 0.319. The summed E-state index contributed by atoms with van der Waals surface area (Å²) in [7, 11) is 2.21. The van der Waals surface area contributed by atoms with Crippen molar-refractivity contribution in [3.05, 3.63) is 20.8 Å². The molecule has 3 heteroatoms. The molecule has 0 unspecified atom stereocenters. The van der Waals surface area contributed by atoms with Gasteiger partial charge >= 0.3 is 0 Å². The molecule has 1 heterocycles. The van der Waals surface area contributed by atoms with E-state index in [1.54, 1.807) is 0 Å². The average Bonchev–Trinajstić information content (AvgIpc) is 2.80. The zero-order valence-corrected chi connectivity index (χ0v) is 9.49. The van der Waals surface area contributed by atoms with Gasteiger partial charge in [0.15, 0.2) is 0 Å². The molecule has 1 fully saturated rings. The summed E-state index contributed by atoms with van der Waals surface area (Å²) in [6, 6.07) is 2.99. The standard InChI is InChI=1S/C9H12BrNS/c1-11(7-2-3-7)6-9-8(10)4-5-12-9/h4-5,7H,2-3,6H2,1H3. The summed E-state index contributed by atoms with van der Waals surface area (Å²) >= 11 is 5.38. The van der Waals surface area contributed by atoms with E-state index in [4.69, 9.17) is 0 Å². The van der Waals surface area contributed by atoms with Gasteiger partial charge in [0.25, 0.3) is 0 Å². The highest BCUT2D eigenvalue weighted by atomic mass is 79.9. The fourth-order valence-corrected chi connectivity index (χ4v) is 2.85. The number of rotatable bonds is 3. The van der Waals surface area contributed by atoms with Gasteiger partial charge in [0.2, 0.25) is 0 Å². The quantitative estimate of drug-likeness (QED) is 0.792. The van der Waals surface area contributed by atoms with Gasteiger partial charge in [-0.05, 0) is 47.3 Å². The van der Waals surface area contributed by atoms with Crippen molar-refractivity contribution in [3.8, 4) is 0 Å². The third-order valence-electron chi connectivity index (χ3n) is 2.25. The molecule has 1 aromatic rings. The Morgan fingerprint density at radius 2 is 2.42 bits per heavy atom. The van der Waals surface area contributed by atoms with Crippen molar-refractivity contribution in [3.63, 3.8) is 0 Å². The van der Waals surface area contributed by atoms with E-state index in [-0.39, 0.29) is 0 Å². The zero-order valence-electron chi connectivity index (χ0n) is 7.09. The number of halogens is 1. The van der Waals surface area contributed by atoms with Crippen LogP contribution in [-0.4, -0.2) is 18.0 Å². The van der Waals surface area contributed by atoms with E-state index in [1.165, 1.54) is 22.2 Å². The highest BCUT2D eigenvalue weighted by Gasteiger charge is 2.26. The molecule has 0 atom stereocenters. The molecular formula is C9H12BrNS. The van der Waals surface area contributed by atoms with Crippen LogP contribution in [0.1, 0.15) is 17.7 Å². The summed E-state index contributed by atoms with van der Waals surface area (Å²) in [5.41, 5.74) is 0. The van der Waals surface area contributed by atoms with Gasteiger partial charge in [0, 0.05) is 21.9 Å². The van der Waals surface area contributed by atoms with Crippen LogP contribution in [0.4, 0.5) is 0 Å². The first-order valence-electron chi connectivity index (χ1n) is 4.19. The molecule has 0 N–H and O–H groups in total. The van der Waals surface area contributed by atoms with Crippen LogP contribution in [0.15, 0.2) is 15.9 Å². The number of hydrogen-bond acceptors (Lipinski definition) is 2. The van der Waals surface area contributed by atoms with Crippen LogP contribution in [0, 0.1) is 0 Å². The van der Waals surface area contributed by atoms with Crippen molar-refractivity contribution in [2.24, 2.45) is 0 Å². The second kappa shape index (κ2) is 3.48. The smallest absolute Gasteiger partial charge is 0.0339 e. The summed E-state index contributed by atoms with van der Waals surface area (Å²) in [5, 5.41) is 2.14. The van der Waals surface area contributed by atoms with E-state index < -0.39 is 0 Å². The Labute approximate surface area is 85.5 Å². The van der Waals surface area contributed by atoms with Crippen LogP contribution in [-0.2, 0) is 6.54 Å². The lowest BCUT2D eigenvalue weighted by atomic mass is 10.4. The van der Waals surface area contributed by atoms with Crippen LogP contribution in [0.3, 0.4) is 0 Å². The lowest BCUT2D eigenvalue weighted by Gasteiger charge is -2.14. The largest absolute Gasteiger partial charge is 0.298 e. The van der Waals surface area contributed by atoms with Gasteiger partial charge in [-0.2, -0.15) is 0 Å². The van der Waals surface area contributed by atoms with E-state index in [0.29, 0.717) is 0 Å². The Bertz CT molecular complexity index is 267. The monoisotopic (exact) mass is 245 g/mol. The van der Waals surface area contributed by atoms with Crippen LogP contribution < -0.4 is 0 Å². The molecule has 1 aliphatic rings. The van der Waals surface area contributed by atoms with E-state index >= 15 is 0 Å². The Morgan fingerprint density at radius 1 is 1.67 bits per heavy atom. The van der Waals surface area contributed by atoms with Gasteiger partial charge in [-0.25, -0.2) is 0 Å². The second-order valence-corrected chi connectivity index (χ2v) is 5.19. The molecule has 0 bridgehead atoms. The predicted octanol–water partition coefficient (Wildman–Crippen LogP) is 3.10. The molecule has 1 saturated carbocycles. The molecule has 66 valence electrons. The minimum Gasteiger partial charge on any atom is -0.298 e. The second-order valence-electron chi connectivity index (χ2n) is 3.34.